The molecule has 2 atom stereocenters. The van der Waals surface area contributed by atoms with Gasteiger partial charge in [-0.3, -0.25) is 23.4 Å². The van der Waals surface area contributed by atoms with Crippen LogP contribution in [0, 0.1) is 11.8 Å². The molecule has 2 N–H and O–H groups in total. The van der Waals surface area contributed by atoms with E-state index in [0.717, 1.165) is 84.2 Å². The van der Waals surface area contributed by atoms with Crippen molar-refractivity contribution in [2.45, 2.75) is 201 Å². The van der Waals surface area contributed by atoms with Crippen molar-refractivity contribution in [3.63, 3.8) is 0 Å². The number of quaternary nitrogens is 1. The maximum atomic E-state index is 13.1. The first-order valence-electron chi connectivity index (χ1n) is 23.0. The third-order valence-electron chi connectivity index (χ3n) is 10.5. The minimum Gasteiger partial charge on any atom is -0.726 e. The van der Waals surface area contributed by atoms with Crippen LogP contribution in [-0.2, 0) is 38.6 Å². The molecule has 346 valence electrons. The number of hydroxylamine groups is 3. The van der Waals surface area contributed by atoms with Crippen LogP contribution in [0.4, 0.5) is 0 Å². The van der Waals surface area contributed by atoms with Crippen molar-refractivity contribution in [3.8, 4) is 0 Å². The average Bonchev–Trinajstić information content (AvgIpc) is 3.18. The summed E-state index contributed by atoms with van der Waals surface area (Å²) in [6.45, 7) is 5.99. The SMILES string of the molecule is CCCCCCCC/C=C\CCCCCCCC(=O)C(C[N+](C)(CC(C(=O)O)C(=O)CCCCCCC/C=C\CCCCCCCC)OCC)C(=O)O.COS(=O)(=O)[O-]. The first kappa shape index (κ1) is 58.6. The number of nitrogens with zero attached hydrogens (tertiary/aromatic N) is 1. The predicted octanol–water partition coefficient (Wildman–Crippen LogP) is 11.1. The number of rotatable bonds is 41. The zero-order chi connectivity index (χ0) is 44.6. The minimum absolute atomic E-state index is 0.165. The van der Waals surface area contributed by atoms with Crippen molar-refractivity contribution in [2.24, 2.45) is 11.8 Å². The zero-order valence-corrected chi connectivity index (χ0v) is 38.6. The molecule has 59 heavy (non-hydrogen) atoms. The predicted molar refractivity (Wildman–Crippen MR) is 235 cm³/mol. The summed E-state index contributed by atoms with van der Waals surface area (Å²) in [4.78, 5) is 56.5. The third kappa shape index (κ3) is 38.2. The highest BCUT2D eigenvalue weighted by Gasteiger charge is 2.42. The van der Waals surface area contributed by atoms with E-state index in [1.807, 2.05) is 0 Å². The van der Waals surface area contributed by atoms with Crippen molar-refractivity contribution in [1.82, 2.24) is 0 Å². The summed E-state index contributed by atoms with van der Waals surface area (Å²) in [5.41, 5.74) is 0. The lowest BCUT2D eigenvalue weighted by Crippen LogP contribution is -2.54. The first-order chi connectivity index (χ1) is 28.2. The normalized spacial score (nSPS) is 13.9. The van der Waals surface area contributed by atoms with Gasteiger partial charge in [-0.05, 0) is 71.1 Å². The maximum Gasteiger partial charge on any atom is 0.320 e. The van der Waals surface area contributed by atoms with Gasteiger partial charge in [-0.1, -0.05) is 141 Å². The first-order valence-corrected chi connectivity index (χ1v) is 24.3. The zero-order valence-electron chi connectivity index (χ0n) is 37.8. The molecular formula is C46H85NO11S. The van der Waals surface area contributed by atoms with Crippen LogP contribution < -0.4 is 0 Å². The Morgan fingerprint density at radius 2 is 0.814 bits per heavy atom. The topological polar surface area (TPSA) is 184 Å². The lowest BCUT2D eigenvalue weighted by molar-refractivity contribution is -1.09. The summed E-state index contributed by atoms with van der Waals surface area (Å²) >= 11 is 0. The molecule has 0 aromatic carbocycles. The molecule has 0 aromatic heterocycles. The van der Waals surface area contributed by atoms with Gasteiger partial charge < -0.3 is 14.8 Å². The number of hydrogen-bond donors (Lipinski definition) is 2. The highest BCUT2D eigenvalue weighted by atomic mass is 32.3. The third-order valence-corrected chi connectivity index (χ3v) is 10.9. The number of Topliss-reactive ketones (excluding diaryl/α,β-unsaturated/α-hetero) is 2. The fourth-order valence-electron chi connectivity index (χ4n) is 6.99. The molecule has 0 aliphatic heterocycles. The van der Waals surface area contributed by atoms with Crippen molar-refractivity contribution in [3.05, 3.63) is 24.3 Å². The summed E-state index contributed by atoms with van der Waals surface area (Å²) in [7, 11) is -2.02. The van der Waals surface area contributed by atoms with Gasteiger partial charge in [-0.15, -0.1) is 0 Å². The second kappa shape index (κ2) is 39.7. The van der Waals surface area contributed by atoms with E-state index < -0.39 is 38.8 Å². The van der Waals surface area contributed by atoms with Gasteiger partial charge in [0.05, 0.1) is 14.2 Å². The fourth-order valence-corrected chi connectivity index (χ4v) is 6.99. The molecule has 0 aliphatic rings. The smallest absolute Gasteiger partial charge is 0.320 e. The number of allylic oxidation sites excluding steroid dienone is 4. The second-order valence-electron chi connectivity index (χ2n) is 16.0. The number of carboxylic acid groups (broad SMARTS) is 2. The summed E-state index contributed by atoms with van der Waals surface area (Å²) in [6, 6.07) is 0. The van der Waals surface area contributed by atoms with Gasteiger partial charge in [0.1, 0.15) is 19.7 Å². The number of hydrogen-bond acceptors (Lipinski definition) is 9. The molecule has 0 radical (unpaired) electrons. The van der Waals surface area contributed by atoms with Gasteiger partial charge in [0.25, 0.3) is 0 Å². The van der Waals surface area contributed by atoms with E-state index in [1.165, 1.54) is 77.0 Å². The van der Waals surface area contributed by atoms with Crippen LogP contribution in [0.15, 0.2) is 24.3 Å². The monoisotopic (exact) mass is 860 g/mol. The quantitative estimate of drug-likeness (QED) is 0.0113. The summed E-state index contributed by atoms with van der Waals surface area (Å²) in [5.74, 6) is -5.86. The number of carbonyl (C=O) groups is 4. The van der Waals surface area contributed by atoms with Crippen molar-refractivity contribution >= 4 is 33.9 Å². The van der Waals surface area contributed by atoms with Crippen LogP contribution in [-0.4, -0.2) is 85.2 Å². The van der Waals surface area contributed by atoms with Gasteiger partial charge in [-0.25, -0.2) is 13.3 Å². The van der Waals surface area contributed by atoms with Gasteiger partial charge >= 0.3 is 11.9 Å². The summed E-state index contributed by atoms with van der Waals surface area (Å²) in [5, 5.41) is 20.0. The second-order valence-corrected chi connectivity index (χ2v) is 17.2. The summed E-state index contributed by atoms with van der Waals surface area (Å²) in [6.07, 6.45) is 39.1. The largest absolute Gasteiger partial charge is 0.726 e. The molecule has 0 amide bonds. The maximum absolute atomic E-state index is 13.1. The number of unbranched alkanes of at least 4 members (excludes halogenated alkanes) is 22. The molecule has 0 rings (SSSR count). The molecule has 2 unspecified atom stereocenters. The van der Waals surface area contributed by atoms with Crippen LogP contribution in [0.25, 0.3) is 0 Å². The van der Waals surface area contributed by atoms with Crippen LogP contribution in [0.3, 0.4) is 0 Å². The van der Waals surface area contributed by atoms with E-state index in [1.54, 1.807) is 14.0 Å². The highest BCUT2D eigenvalue weighted by Crippen LogP contribution is 2.21. The van der Waals surface area contributed by atoms with Crippen LogP contribution in [0.1, 0.15) is 201 Å². The van der Waals surface area contributed by atoms with E-state index >= 15 is 0 Å². The number of aliphatic carboxylic acids is 2. The van der Waals surface area contributed by atoms with Crippen LogP contribution >= 0.6 is 0 Å². The number of carbonyl (C=O) groups excluding carboxylic acids is 2. The van der Waals surface area contributed by atoms with Gasteiger partial charge in [0.2, 0.25) is 10.4 Å². The van der Waals surface area contributed by atoms with E-state index in [0.29, 0.717) is 12.8 Å². The minimum atomic E-state index is -4.41. The van der Waals surface area contributed by atoms with Crippen LogP contribution in [0.5, 0.6) is 0 Å². The molecule has 0 fully saturated rings. The Hall–Kier alpha value is -2.45. The Morgan fingerprint density at radius 1 is 0.542 bits per heavy atom. The Bertz CT molecular complexity index is 1160. The van der Waals surface area contributed by atoms with E-state index in [2.05, 4.69) is 42.3 Å². The lowest BCUT2D eigenvalue weighted by atomic mass is 9.95. The van der Waals surface area contributed by atoms with E-state index in [9.17, 15) is 42.4 Å². The average molecular weight is 860 g/mol. The molecule has 0 aromatic rings. The lowest BCUT2D eigenvalue weighted by Gasteiger charge is -2.34. The number of ketones is 2. The molecule has 13 heteroatoms. The van der Waals surface area contributed by atoms with Gasteiger partial charge in [0.15, 0.2) is 23.4 Å². The molecule has 0 saturated carbocycles. The van der Waals surface area contributed by atoms with Gasteiger partial charge in [-0.2, -0.15) is 4.65 Å². The van der Waals surface area contributed by atoms with E-state index in [4.69, 9.17) is 4.84 Å². The highest BCUT2D eigenvalue weighted by molar-refractivity contribution is 7.80. The van der Waals surface area contributed by atoms with Crippen LogP contribution in [0.2, 0.25) is 0 Å². The molecular weight excluding hydrogens is 775 g/mol. The fraction of sp³-hybridized carbons (Fsp3) is 0.826. The molecule has 0 spiro atoms. The Labute approximate surface area is 359 Å². The van der Waals surface area contributed by atoms with Crippen molar-refractivity contribution in [2.75, 3.05) is 33.9 Å². The van der Waals surface area contributed by atoms with E-state index in [-0.39, 0.29) is 44.1 Å². The number of carboxylic acids is 2. The Morgan fingerprint density at radius 3 is 1.07 bits per heavy atom. The molecule has 0 bridgehead atoms. The molecule has 0 aliphatic carbocycles. The Balaban J connectivity index is 0. The van der Waals surface area contributed by atoms with Gasteiger partial charge in [0, 0.05) is 12.8 Å². The van der Waals surface area contributed by atoms with Crippen molar-refractivity contribution < 1.29 is 56.0 Å². The molecule has 0 heterocycles. The van der Waals surface area contributed by atoms with Crippen molar-refractivity contribution in [1.29, 1.82) is 0 Å². The molecule has 12 nitrogen and oxygen atoms in total. The molecule has 0 saturated heterocycles. The Kier molecular flexibility index (Phi) is 39.4. The standard InChI is InChI=1S/C45H81NO7.CH4O4S/c1-5-8-10-12-14-16-18-20-22-24-26-28-30-32-34-36-42(47)40(44(49)50)38-46(4,53-7-3)39-41(45(51)52)43(48)37-35-33-31-29-27-25-23-21-19-17-15-13-11-9-6-2;1-5-6(2,3)4/h20-23,40-41H,5-19,24-39H2,1-4H3,(H-,49,50,51,52);1H3,(H,2,3,4)/b22-20-,23-21-;. The summed E-state index contributed by atoms with van der Waals surface area (Å²) < 4.78 is 30.6.